The second-order valence-corrected chi connectivity index (χ2v) is 5.74. The average molecular weight is 278 g/mol. The molecule has 2 heterocycles. The monoisotopic (exact) mass is 278 g/mol. The predicted molar refractivity (Wildman–Crippen MR) is 79.4 cm³/mol. The Balaban J connectivity index is 1.74. The molecule has 1 aromatic rings. The van der Waals surface area contributed by atoms with Crippen LogP contribution in [-0.2, 0) is 18.4 Å². The summed E-state index contributed by atoms with van der Waals surface area (Å²) in [6, 6.07) is 0.524. The zero-order chi connectivity index (χ0) is 14.5. The van der Waals surface area contributed by atoms with Gasteiger partial charge in [-0.25, -0.2) is 0 Å². The van der Waals surface area contributed by atoms with Gasteiger partial charge in [0.25, 0.3) is 0 Å². The van der Waals surface area contributed by atoms with Crippen molar-refractivity contribution in [3.8, 4) is 0 Å². The van der Waals surface area contributed by atoms with Crippen molar-refractivity contribution in [3.63, 3.8) is 0 Å². The third kappa shape index (κ3) is 3.82. The van der Waals surface area contributed by atoms with Gasteiger partial charge < -0.3 is 10.6 Å². The summed E-state index contributed by atoms with van der Waals surface area (Å²) in [5.74, 6) is 0.139. The maximum Gasteiger partial charge on any atom is 0.220 e. The largest absolute Gasteiger partial charge is 0.352 e. The third-order valence-corrected chi connectivity index (χ3v) is 4.25. The van der Waals surface area contributed by atoms with E-state index in [2.05, 4.69) is 15.7 Å². The smallest absolute Gasteiger partial charge is 0.220 e. The molecule has 5 nitrogen and oxygen atoms in total. The summed E-state index contributed by atoms with van der Waals surface area (Å²) in [6.45, 7) is 5.71. The third-order valence-electron chi connectivity index (χ3n) is 4.25. The van der Waals surface area contributed by atoms with Crippen LogP contribution in [-0.4, -0.2) is 28.3 Å². The molecule has 0 spiro atoms. The van der Waals surface area contributed by atoms with Crippen LogP contribution in [0.1, 0.15) is 49.1 Å². The number of hydrogen-bond acceptors (Lipinski definition) is 3. The Kier molecular flexibility index (Phi) is 5.17. The maximum absolute atomic E-state index is 11.9. The summed E-state index contributed by atoms with van der Waals surface area (Å²) in [7, 11) is 1.93. The minimum absolute atomic E-state index is 0.139. The molecule has 0 bridgehead atoms. The van der Waals surface area contributed by atoms with E-state index in [1.54, 1.807) is 0 Å². The van der Waals surface area contributed by atoms with E-state index in [0.717, 1.165) is 29.9 Å². The fraction of sp³-hybridized carbons (Fsp3) is 0.733. The fourth-order valence-electron chi connectivity index (χ4n) is 2.82. The van der Waals surface area contributed by atoms with Crippen molar-refractivity contribution in [3.05, 3.63) is 17.0 Å². The van der Waals surface area contributed by atoms with Crippen molar-refractivity contribution in [2.75, 3.05) is 6.54 Å². The van der Waals surface area contributed by atoms with E-state index in [0.29, 0.717) is 19.0 Å². The molecule has 5 heteroatoms. The van der Waals surface area contributed by atoms with Gasteiger partial charge in [-0.1, -0.05) is 6.42 Å². The lowest BCUT2D eigenvalue weighted by molar-refractivity contribution is -0.121. The van der Waals surface area contributed by atoms with E-state index in [-0.39, 0.29) is 5.91 Å². The number of piperidine rings is 1. The Morgan fingerprint density at radius 2 is 2.25 bits per heavy atom. The molecule has 2 N–H and O–H groups in total. The number of carbonyl (C=O) groups is 1. The van der Waals surface area contributed by atoms with Crippen LogP contribution in [0.2, 0.25) is 0 Å². The quantitative estimate of drug-likeness (QED) is 0.859. The van der Waals surface area contributed by atoms with Crippen molar-refractivity contribution in [1.82, 2.24) is 20.4 Å². The first-order valence-corrected chi connectivity index (χ1v) is 7.57. The maximum atomic E-state index is 11.9. The Morgan fingerprint density at radius 3 is 2.85 bits per heavy atom. The number of aryl methyl sites for hydroxylation is 2. The van der Waals surface area contributed by atoms with Crippen LogP contribution in [0.4, 0.5) is 0 Å². The molecule has 1 fully saturated rings. The number of aromatic nitrogens is 2. The van der Waals surface area contributed by atoms with Gasteiger partial charge in [-0.2, -0.15) is 5.10 Å². The normalized spacial score (nSPS) is 19.1. The van der Waals surface area contributed by atoms with Gasteiger partial charge in [0.1, 0.15) is 0 Å². The van der Waals surface area contributed by atoms with Crippen LogP contribution in [0.3, 0.4) is 0 Å². The fourth-order valence-corrected chi connectivity index (χ4v) is 2.82. The van der Waals surface area contributed by atoms with Crippen LogP contribution in [0, 0.1) is 13.8 Å². The first-order valence-electron chi connectivity index (χ1n) is 7.57. The average Bonchev–Trinajstić information content (AvgIpc) is 2.69. The molecule has 0 aliphatic carbocycles. The second kappa shape index (κ2) is 6.88. The molecule has 1 saturated heterocycles. The summed E-state index contributed by atoms with van der Waals surface area (Å²) in [5.41, 5.74) is 3.26. The van der Waals surface area contributed by atoms with Gasteiger partial charge in [-0.15, -0.1) is 0 Å². The van der Waals surface area contributed by atoms with Crippen LogP contribution in [0.15, 0.2) is 0 Å². The minimum atomic E-state index is 0.139. The Labute approximate surface area is 121 Å². The van der Waals surface area contributed by atoms with Crippen LogP contribution >= 0.6 is 0 Å². The zero-order valence-electron chi connectivity index (χ0n) is 12.8. The highest BCUT2D eigenvalue weighted by atomic mass is 16.1. The van der Waals surface area contributed by atoms with E-state index in [9.17, 15) is 4.79 Å². The number of rotatable bonds is 5. The number of carbonyl (C=O) groups excluding carboxylic acids is 1. The van der Waals surface area contributed by atoms with Crippen molar-refractivity contribution in [1.29, 1.82) is 0 Å². The molecule has 0 saturated carbocycles. The summed E-state index contributed by atoms with van der Waals surface area (Å²) in [6.07, 6.45) is 5.30. The number of nitrogens with zero attached hydrogens (tertiary/aromatic N) is 2. The SMILES string of the molecule is Cc1nn(C)c(C)c1CNC(=O)CCC1CCCCN1. The number of hydrogen-bond donors (Lipinski definition) is 2. The molecular weight excluding hydrogens is 252 g/mol. The van der Waals surface area contributed by atoms with E-state index >= 15 is 0 Å². The van der Waals surface area contributed by atoms with Crippen molar-refractivity contribution >= 4 is 5.91 Å². The molecule has 112 valence electrons. The topological polar surface area (TPSA) is 59.0 Å². The Hall–Kier alpha value is -1.36. The summed E-state index contributed by atoms with van der Waals surface area (Å²) in [5, 5.41) is 10.9. The van der Waals surface area contributed by atoms with Crippen LogP contribution in [0.5, 0.6) is 0 Å². The van der Waals surface area contributed by atoms with Crippen LogP contribution in [0.25, 0.3) is 0 Å². The number of amides is 1. The van der Waals surface area contributed by atoms with Crippen molar-refractivity contribution < 1.29 is 4.79 Å². The lowest BCUT2D eigenvalue weighted by Gasteiger charge is -2.23. The van der Waals surface area contributed by atoms with E-state index in [1.807, 2.05) is 25.6 Å². The number of nitrogens with one attached hydrogen (secondary N) is 2. The lowest BCUT2D eigenvalue weighted by Crippen LogP contribution is -2.35. The van der Waals surface area contributed by atoms with Crippen molar-refractivity contribution in [2.45, 2.75) is 58.5 Å². The second-order valence-electron chi connectivity index (χ2n) is 5.74. The van der Waals surface area contributed by atoms with Gasteiger partial charge in [-0.3, -0.25) is 9.48 Å². The van der Waals surface area contributed by atoms with E-state index < -0.39 is 0 Å². The molecule has 1 aliphatic rings. The highest BCUT2D eigenvalue weighted by Crippen LogP contribution is 2.13. The Bertz CT molecular complexity index is 461. The summed E-state index contributed by atoms with van der Waals surface area (Å²) >= 11 is 0. The molecule has 1 unspecified atom stereocenters. The van der Waals surface area contributed by atoms with Gasteiger partial charge in [0.15, 0.2) is 0 Å². The standard InChI is InChI=1S/C15H26N4O/c1-11-14(12(2)19(3)18-11)10-17-15(20)8-7-13-6-4-5-9-16-13/h13,16H,4-10H2,1-3H3,(H,17,20). The van der Waals surface area contributed by atoms with Gasteiger partial charge in [0.2, 0.25) is 5.91 Å². The summed E-state index contributed by atoms with van der Waals surface area (Å²) < 4.78 is 1.86. The first kappa shape index (κ1) is 15.0. The zero-order valence-corrected chi connectivity index (χ0v) is 12.8. The minimum Gasteiger partial charge on any atom is -0.352 e. The molecule has 1 atom stereocenters. The first-order chi connectivity index (χ1) is 9.58. The molecular formula is C15H26N4O. The summed E-state index contributed by atoms with van der Waals surface area (Å²) in [4.78, 5) is 11.9. The van der Waals surface area contributed by atoms with Gasteiger partial charge in [-0.05, 0) is 39.7 Å². The highest BCUT2D eigenvalue weighted by Gasteiger charge is 2.15. The molecule has 20 heavy (non-hydrogen) atoms. The van der Waals surface area contributed by atoms with Gasteiger partial charge >= 0.3 is 0 Å². The van der Waals surface area contributed by atoms with Gasteiger partial charge in [0.05, 0.1) is 5.69 Å². The molecule has 0 aromatic carbocycles. The molecule has 1 amide bonds. The van der Waals surface area contributed by atoms with Crippen LogP contribution < -0.4 is 10.6 Å². The molecule has 1 aliphatic heterocycles. The lowest BCUT2D eigenvalue weighted by atomic mass is 10.0. The van der Waals surface area contributed by atoms with Crippen molar-refractivity contribution in [2.24, 2.45) is 7.05 Å². The van der Waals surface area contributed by atoms with E-state index in [1.165, 1.54) is 19.3 Å². The Morgan fingerprint density at radius 1 is 1.45 bits per heavy atom. The van der Waals surface area contributed by atoms with E-state index in [4.69, 9.17) is 0 Å². The molecule has 1 aromatic heterocycles. The molecule has 0 radical (unpaired) electrons. The highest BCUT2D eigenvalue weighted by molar-refractivity contribution is 5.75. The van der Waals surface area contributed by atoms with Gasteiger partial charge in [0, 0.05) is 37.3 Å². The molecule has 2 rings (SSSR count). The predicted octanol–water partition coefficient (Wildman–Crippen LogP) is 1.58.